The molecule has 3 nitrogen and oxygen atoms in total. The van der Waals surface area contributed by atoms with Crippen molar-refractivity contribution in [3.05, 3.63) is 28.0 Å². The van der Waals surface area contributed by atoms with E-state index in [-0.39, 0.29) is 10.3 Å². The average molecular weight is 304 g/mol. The SMILES string of the molecule is CCCCC(CC)COC(=O)c1cc(Cl)nc(Cl)c1. The number of esters is 1. The van der Waals surface area contributed by atoms with Gasteiger partial charge in [0, 0.05) is 0 Å². The van der Waals surface area contributed by atoms with Crippen LogP contribution in [0.2, 0.25) is 10.3 Å². The van der Waals surface area contributed by atoms with Crippen LogP contribution in [0.1, 0.15) is 49.9 Å². The van der Waals surface area contributed by atoms with Gasteiger partial charge in [-0.2, -0.15) is 0 Å². The first-order chi connectivity index (χ1) is 9.06. The summed E-state index contributed by atoms with van der Waals surface area (Å²) in [5.41, 5.74) is 0.343. The van der Waals surface area contributed by atoms with Crippen molar-refractivity contribution in [1.82, 2.24) is 4.98 Å². The van der Waals surface area contributed by atoms with Crippen LogP contribution in [0.25, 0.3) is 0 Å². The van der Waals surface area contributed by atoms with Crippen molar-refractivity contribution in [2.75, 3.05) is 6.61 Å². The van der Waals surface area contributed by atoms with Crippen LogP contribution in [0.3, 0.4) is 0 Å². The van der Waals surface area contributed by atoms with E-state index in [0.717, 1.165) is 25.7 Å². The lowest BCUT2D eigenvalue weighted by atomic mass is 10.0. The Morgan fingerprint density at radius 3 is 2.47 bits per heavy atom. The van der Waals surface area contributed by atoms with Crippen molar-refractivity contribution >= 4 is 29.2 Å². The topological polar surface area (TPSA) is 39.2 Å². The quantitative estimate of drug-likeness (QED) is 0.538. The second kappa shape index (κ2) is 8.39. The number of nitrogens with zero attached hydrogens (tertiary/aromatic N) is 1. The fourth-order valence-electron chi connectivity index (χ4n) is 1.76. The van der Waals surface area contributed by atoms with E-state index in [2.05, 4.69) is 18.8 Å². The number of aromatic nitrogens is 1. The van der Waals surface area contributed by atoms with Crippen LogP contribution in [-0.2, 0) is 4.74 Å². The number of pyridine rings is 1. The number of halogens is 2. The highest BCUT2D eigenvalue weighted by Gasteiger charge is 2.13. The predicted octanol–water partition coefficient (Wildman–Crippen LogP) is 4.76. The summed E-state index contributed by atoms with van der Waals surface area (Å²) in [6.07, 6.45) is 4.40. The lowest BCUT2D eigenvalue weighted by Crippen LogP contribution is -2.14. The van der Waals surface area contributed by atoms with Crippen molar-refractivity contribution < 1.29 is 9.53 Å². The molecule has 0 saturated heterocycles. The second-order valence-corrected chi connectivity index (χ2v) is 5.29. The fraction of sp³-hybridized carbons (Fsp3) is 0.571. The van der Waals surface area contributed by atoms with E-state index in [1.807, 2.05) is 0 Å². The third kappa shape index (κ3) is 5.79. The molecule has 1 atom stereocenters. The van der Waals surface area contributed by atoms with Crippen molar-refractivity contribution in [2.24, 2.45) is 5.92 Å². The molecular weight excluding hydrogens is 285 g/mol. The molecule has 0 aliphatic rings. The third-order valence-electron chi connectivity index (χ3n) is 2.99. The van der Waals surface area contributed by atoms with Gasteiger partial charge in [0.1, 0.15) is 10.3 Å². The van der Waals surface area contributed by atoms with Gasteiger partial charge < -0.3 is 4.74 Å². The van der Waals surface area contributed by atoms with E-state index < -0.39 is 5.97 Å². The first-order valence-corrected chi connectivity index (χ1v) is 7.32. The smallest absolute Gasteiger partial charge is 0.338 e. The number of ether oxygens (including phenoxy) is 1. The number of hydrogen-bond donors (Lipinski definition) is 0. The van der Waals surface area contributed by atoms with Gasteiger partial charge in [0.2, 0.25) is 0 Å². The summed E-state index contributed by atoms with van der Waals surface area (Å²) in [7, 11) is 0. The number of unbranched alkanes of at least 4 members (excludes halogenated alkanes) is 1. The Labute approximate surface area is 124 Å². The Morgan fingerprint density at radius 2 is 1.95 bits per heavy atom. The van der Waals surface area contributed by atoms with Crippen LogP contribution >= 0.6 is 23.2 Å². The Balaban J connectivity index is 2.54. The Morgan fingerprint density at radius 1 is 1.32 bits per heavy atom. The standard InChI is InChI=1S/C14H19Cl2NO2/c1-3-5-6-10(4-2)9-19-14(18)11-7-12(15)17-13(16)8-11/h7-8,10H,3-6,9H2,1-2H3. The highest BCUT2D eigenvalue weighted by molar-refractivity contribution is 6.32. The zero-order valence-corrected chi connectivity index (χ0v) is 12.8. The van der Waals surface area contributed by atoms with Gasteiger partial charge in [-0.05, 0) is 24.5 Å². The molecule has 0 bridgehead atoms. The summed E-state index contributed by atoms with van der Waals surface area (Å²) in [6.45, 7) is 4.70. The number of hydrogen-bond acceptors (Lipinski definition) is 3. The first kappa shape index (κ1) is 16.3. The summed E-state index contributed by atoms with van der Waals surface area (Å²) in [5, 5.41) is 0.384. The van der Waals surface area contributed by atoms with E-state index >= 15 is 0 Å². The molecule has 19 heavy (non-hydrogen) atoms. The minimum Gasteiger partial charge on any atom is -0.462 e. The third-order valence-corrected chi connectivity index (χ3v) is 3.38. The molecule has 0 aromatic carbocycles. The largest absolute Gasteiger partial charge is 0.462 e. The summed E-state index contributed by atoms with van der Waals surface area (Å²) >= 11 is 11.5. The van der Waals surface area contributed by atoms with Crippen LogP contribution in [0.4, 0.5) is 0 Å². The van der Waals surface area contributed by atoms with Crippen molar-refractivity contribution in [1.29, 1.82) is 0 Å². The van der Waals surface area contributed by atoms with Gasteiger partial charge in [0.15, 0.2) is 0 Å². The van der Waals surface area contributed by atoms with E-state index in [1.165, 1.54) is 12.1 Å². The molecule has 0 aliphatic heterocycles. The molecule has 0 saturated carbocycles. The maximum absolute atomic E-state index is 11.9. The molecule has 0 N–H and O–H groups in total. The Hall–Kier alpha value is -0.800. The van der Waals surface area contributed by atoms with E-state index in [4.69, 9.17) is 27.9 Å². The Kier molecular flexibility index (Phi) is 7.17. The highest BCUT2D eigenvalue weighted by atomic mass is 35.5. The maximum atomic E-state index is 11.9. The van der Waals surface area contributed by atoms with Gasteiger partial charge in [-0.1, -0.05) is 56.3 Å². The number of carbonyl (C=O) groups excluding carboxylic acids is 1. The molecule has 0 fully saturated rings. The zero-order valence-electron chi connectivity index (χ0n) is 11.3. The zero-order chi connectivity index (χ0) is 14.3. The van der Waals surface area contributed by atoms with Crippen LogP contribution < -0.4 is 0 Å². The van der Waals surface area contributed by atoms with E-state index in [1.54, 1.807) is 0 Å². The van der Waals surface area contributed by atoms with Gasteiger partial charge in [0.25, 0.3) is 0 Å². The molecule has 1 heterocycles. The van der Waals surface area contributed by atoms with Crippen LogP contribution in [0.5, 0.6) is 0 Å². The van der Waals surface area contributed by atoms with Gasteiger partial charge in [-0.25, -0.2) is 9.78 Å². The minimum atomic E-state index is -0.402. The number of carbonyl (C=O) groups is 1. The van der Waals surface area contributed by atoms with E-state index in [9.17, 15) is 4.79 Å². The predicted molar refractivity (Wildman–Crippen MR) is 77.8 cm³/mol. The van der Waals surface area contributed by atoms with Crippen molar-refractivity contribution in [3.8, 4) is 0 Å². The molecule has 1 rings (SSSR count). The van der Waals surface area contributed by atoms with Crippen LogP contribution in [0.15, 0.2) is 12.1 Å². The first-order valence-electron chi connectivity index (χ1n) is 6.57. The molecule has 1 aromatic heterocycles. The summed E-state index contributed by atoms with van der Waals surface area (Å²) < 4.78 is 5.30. The normalized spacial score (nSPS) is 12.2. The fourth-order valence-corrected chi connectivity index (χ4v) is 2.22. The van der Waals surface area contributed by atoms with Gasteiger partial charge >= 0.3 is 5.97 Å². The monoisotopic (exact) mass is 303 g/mol. The van der Waals surface area contributed by atoms with Crippen LogP contribution in [0, 0.1) is 5.92 Å². The minimum absolute atomic E-state index is 0.192. The summed E-state index contributed by atoms with van der Waals surface area (Å²) in [4.78, 5) is 15.7. The molecule has 0 radical (unpaired) electrons. The average Bonchev–Trinajstić information content (AvgIpc) is 2.37. The number of rotatable bonds is 7. The molecule has 5 heteroatoms. The lowest BCUT2D eigenvalue weighted by molar-refractivity contribution is 0.0428. The molecule has 0 aliphatic carbocycles. The molecular formula is C14H19Cl2NO2. The van der Waals surface area contributed by atoms with Crippen molar-refractivity contribution in [2.45, 2.75) is 39.5 Å². The summed E-state index contributed by atoms with van der Waals surface area (Å²) in [5.74, 6) is 0.0119. The Bertz CT molecular complexity index is 404. The lowest BCUT2D eigenvalue weighted by Gasteiger charge is -2.14. The molecule has 1 unspecified atom stereocenters. The maximum Gasteiger partial charge on any atom is 0.338 e. The van der Waals surface area contributed by atoms with Gasteiger partial charge in [0.05, 0.1) is 12.2 Å². The molecule has 106 valence electrons. The van der Waals surface area contributed by atoms with Gasteiger partial charge in [-0.3, -0.25) is 0 Å². The molecule has 0 spiro atoms. The molecule has 0 amide bonds. The van der Waals surface area contributed by atoms with Crippen LogP contribution in [-0.4, -0.2) is 17.6 Å². The van der Waals surface area contributed by atoms with E-state index in [0.29, 0.717) is 18.1 Å². The summed E-state index contributed by atoms with van der Waals surface area (Å²) in [6, 6.07) is 2.92. The van der Waals surface area contributed by atoms with Crippen molar-refractivity contribution in [3.63, 3.8) is 0 Å². The highest BCUT2D eigenvalue weighted by Crippen LogP contribution is 2.17. The van der Waals surface area contributed by atoms with Gasteiger partial charge in [-0.15, -0.1) is 0 Å². The second-order valence-electron chi connectivity index (χ2n) is 4.52. The molecule has 1 aromatic rings.